The molecular formula is C38H20BrNS2. The summed E-state index contributed by atoms with van der Waals surface area (Å²) < 4.78 is 8.95. The number of benzene rings is 7. The van der Waals surface area contributed by atoms with E-state index in [4.69, 9.17) is 0 Å². The molecule has 0 saturated heterocycles. The van der Waals surface area contributed by atoms with Gasteiger partial charge in [0, 0.05) is 56.6 Å². The molecule has 42 heavy (non-hydrogen) atoms. The van der Waals surface area contributed by atoms with E-state index in [9.17, 15) is 0 Å². The highest BCUT2D eigenvalue weighted by Gasteiger charge is 2.22. The molecule has 0 amide bonds. The van der Waals surface area contributed by atoms with Gasteiger partial charge in [-0.25, -0.2) is 0 Å². The Bertz CT molecular complexity index is 2760. The fourth-order valence-corrected chi connectivity index (χ4v) is 10.3. The van der Waals surface area contributed by atoms with Crippen molar-refractivity contribution in [2.24, 2.45) is 0 Å². The van der Waals surface area contributed by atoms with Crippen molar-refractivity contribution < 1.29 is 0 Å². The van der Waals surface area contributed by atoms with Gasteiger partial charge < -0.3 is 4.57 Å². The largest absolute Gasteiger partial charge is 0.308 e. The van der Waals surface area contributed by atoms with Crippen molar-refractivity contribution in [3.05, 3.63) is 126 Å². The summed E-state index contributed by atoms with van der Waals surface area (Å²) in [6.45, 7) is 0. The second-order valence-corrected chi connectivity index (χ2v) is 14.0. The van der Waals surface area contributed by atoms with Crippen molar-refractivity contribution in [3.63, 3.8) is 0 Å². The molecule has 0 atom stereocenters. The van der Waals surface area contributed by atoms with Gasteiger partial charge in [0.05, 0.1) is 15.7 Å². The van der Waals surface area contributed by atoms with Crippen LogP contribution in [0.1, 0.15) is 0 Å². The SMILES string of the molecule is Brc1cc(-n2c3ccccc3c3c4ccccc4c4c5cc6ccccc6cc5sc4c32)cc2sc3ccccc3c12. The smallest absolute Gasteiger partial charge is 0.0726 e. The lowest BCUT2D eigenvalue weighted by atomic mass is 9.98. The maximum Gasteiger partial charge on any atom is 0.0726 e. The molecule has 10 aromatic rings. The molecule has 0 saturated carbocycles. The van der Waals surface area contributed by atoms with Crippen LogP contribution < -0.4 is 0 Å². The number of rotatable bonds is 1. The molecule has 7 aromatic carbocycles. The van der Waals surface area contributed by atoms with Crippen molar-refractivity contribution in [2.45, 2.75) is 0 Å². The molecule has 0 N–H and O–H groups in total. The standard InChI is InChI=1S/C38H20BrNS2/c39-29-19-23(20-33-36(29)27-14-6-8-16-31(27)41-33)40-30-15-7-5-13-26(30)34-24-11-3-4-12-25(24)35-28-17-21-9-1-2-10-22(21)18-32(28)42-38(35)37(34)40/h1-20H. The predicted octanol–water partition coefficient (Wildman–Crippen LogP) is 12.6. The van der Waals surface area contributed by atoms with Gasteiger partial charge in [0.15, 0.2) is 0 Å². The predicted molar refractivity (Wildman–Crippen MR) is 189 cm³/mol. The lowest BCUT2D eigenvalue weighted by Gasteiger charge is -2.11. The van der Waals surface area contributed by atoms with E-state index in [2.05, 4.69) is 142 Å². The Labute approximate surface area is 257 Å². The molecule has 196 valence electrons. The Balaban J connectivity index is 1.45. The zero-order valence-corrected chi connectivity index (χ0v) is 25.4. The number of halogens is 1. The number of para-hydroxylation sites is 1. The average molecular weight is 635 g/mol. The van der Waals surface area contributed by atoms with Gasteiger partial charge in [-0.15, -0.1) is 22.7 Å². The van der Waals surface area contributed by atoms with Crippen LogP contribution in [0.5, 0.6) is 0 Å². The number of hydrogen-bond acceptors (Lipinski definition) is 2. The van der Waals surface area contributed by atoms with Crippen LogP contribution in [0, 0.1) is 0 Å². The summed E-state index contributed by atoms with van der Waals surface area (Å²) in [5.74, 6) is 0. The van der Waals surface area contributed by atoms with Crippen molar-refractivity contribution in [1.29, 1.82) is 0 Å². The van der Waals surface area contributed by atoms with E-state index in [0.717, 1.165) is 4.47 Å². The molecule has 10 rings (SSSR count). The summed E-state index contributed by atoms with van der Waals surface area (Å²) in [6.07, 6.45) is 0. The topological polar surface area (TPSA) is 4.93 Å². The van der Waals surface area contributed by atoms with E-state index in [1.54, 1.807) is 0 Å². The number of thiophene rings is 2. The van der Waals surface area contributed by atoms with Crippen LogP contribution in [-0.2, 0) is 0 Å². The van der Waals surface area contributed by atoms with Crippen LogP contribution in [0.3, 0.4) is 0 Å². The Kier molecular flexibility index (Phi) is 4.68. The van der Waals surface area contributed by atoms with E-state index < -0.39 is 0 Å². The third-order valence-corrected chi connectivity index (χ3v) is 11.7. The van der Waals surface area contributed by atoms with Crippen LogP contribution in [0.25, 0.3) is 89.4 Å². The molecule has 0 aliphatic heterocycles. The first-order chi connectivity index (χ1) is 20.7. The van der Waals surface area contributed by atoms with Gasteiger partial charge in [-0.05, 0) is 57.9 Å². The minimum Gasteiger partial charge on any atom is -0.308 e. The monoisotopic (exact) mass is 633 g/mol. The average Bonchev–Trinajstić information content (AvgIpc) is 3.69. The van der Waals surface area contributed by atoms with Gasteiger partial charge in [0.2, 0.25) is 0 Å². The van der Waals surface area contributed by atoms with Crippen molar-refractivity contribution in [1.82, 2.24) is 4.57 Å². The lowest BCUT2D eigenvalue weighted by molar-refractivity contribution is 1.19. The summed E-state index contributed by atoms with van der Waals surface area (Å²) in [5.41, 5.74) is 3.72. The Morgan fingerprint density at radius 2 is 1.14 bits per heavy atom. The Hall–Kier alpha value is -4.22. The molecule has 0 aliphatic rings. The van der Waals surface area contributed by atoms with Crippen molar-refractivity contribution in [2.75, 3.05) is 0 Å². The quantitative estimate of drug-likeness (QED) is 0.169. The summed E-state index contributed by atoms with van der Waals surface area (Å²) in [6, 6.07) is 44.8. The fraction of sp³-hybridized carbons (Fsp3) is 0. The molecule has 0 fully saturated rings. The third-order valence-electron chi connectivity index (χ3n) is 8.79. The van der Waals surface area contributed by atoms with Crippen LogP contribution >= 0.6 is 38.6 Å². The minimum absolute atomic E-state index is 1.14. The van der Waals surface area contributed by atoms with Gasteiger partial charge in [-0.3, -0.25) is 0 Å². The Morgan fingerprint density at radius 3 is 1.98 bits per heavy atom. The highest BCUT2D eigenvalue weighted by Crippen LogP contribution is 2.49. The van der Waals surface area contributed by atoms with Crippen molar-refractivity contribution in [3.8, 4) is 5.69 Å². The summed E-state index contributed by atoms with van der Waals surface area (Å²) in [4.78, 5) is 0. The van der Waals surface area contributed by atoms with Gasteiger partial charge in [-0.1, -0.05) is 101 Å². The first-order valence-electron chi connectivity index (χ1n) is 14.0. The van der Waals surface area contributed by atoms with Crippen LogP contribution in [-0.4, -0.2) is 4.57 Å². The number of fused-ring (bicyclic) bond motifs is 14. The molecule has 3 heterocycles. The maximum atomic E-state index is 4.00. The minimum atomic E-state index is 1.14. The third kappa shape index (κ3) is 3.02. The molecule has 0 aliphatic carbocycles. The van der Waals surface area contributed by atoms with E-state index >= 15 is 0 Å². The van der Waals surface area contributed by atoms with Crippen LogP contribution in [0.15, 0.2) is 126 Å². The second-order valence-electron chi connectivity index (χ2n) is 11.0. The zero-order chi connectivity index (χ0) is 27.5. The van der Waals surface area contributed by atoms with Crippen LogP contribution in [0.4, 0.5) is 0 Å². The van der Waals surface area contributed by atoms with Gasteiger partial charge in [-0.2, -0.15) is 0 Å². The lowest BCUT2D eigenvalue weighted by Crippen LogP contribution is -1.94. The van der Waals surface area contributed by atoms with Crippen LogP contribution in [0.2, 0.25) is 0 Å². The molecule has 0 bridgehead atoms. The molecule has 0 radical (unpaired) electrons. The molecule has 0 unspecified atom stereocenters. The van der Waals surface area contributed by atoms with Crippen molar-refractivity contribution >= 4 is 122 Å². The first kappa shape index (κ1) is 23.4. The second kappa shape index (κ2) is 8.42. The molecule has 4 heteroatoms. The van der Waals surface area contributed by atoms with E-state index in [-0.39, 0.29) is 0 Å². The van der Waals surface area contributed by atoms with Gasteiger partial charge >= 0.3 is 0 Å². The van der Waals surface area contributed by atoms with Gasteiger partial charge in [0.1, 0.15) is 0 Å². The highest BCUT2D eigenvalue weighted by atomic mass is 79.9. The fourth-order valence-electron chi connectivity index (χ4n) is 7.05. The number of nitrogens with zero attached hydrogens (tertiary/aromatic N) is 1. The summed E-state index contributed by atoms with van der Waals surface area (Å²) in [5, 5.41) is 13.1. The Morgan fingerprint density at radius 1 is 0.476 bits per heavy atom. The molecular weight excluding hydrogens is 614 g/mol. The molecule has 3 aromatic heterocycles. The zero-order valence-electron chi connectivity index (χ0n) is 22.2. The number of hydrogen-bond donors (Lipinski definition) is 0. The first-order valence-corrected chi connectivity index (χ1v) is 16.5. The van der Waals surface area contributed by atoms with E-state index in [1.807, 2.05) is 22.7 Å². The molecule has 0 spiro atoms. The normalized spacial score (nSPS) is 12.4. The molecule has 1 nitrogen and oxygen atoms in total. The van der Waals surface area contributed by atoms with Gasteiger partial charge in [0.25, 0.3) is 0 Å². The number of aromatic nitrogens is 1. The van der Waals surface area contributed by atoms with E-state index in [1.165, 1.54) is 89.4 Å². The maximum absolute atomic E-state index is 4.00. The van der Waals surface area contributed by atoms with E-state index in [0.29, 0.717) is 0 Å². The highest BCUT2D eigenvalue weighted by molar-refractivity contribution is 9.10. The summed E-state index contributed by atoms with van der Waals surface area (Å²) >= 11 is 7.80. The summed E-state index contributed by atoms with van der Waals surface area (Å²) in [7, 11) is 0.